The molecule has 0 fully saturated rings. The van der Waals surface area contributed by atoms with Gasteiger partial charge in [-0.25, -0.2) is 4.79 Å². The molecule has 0 spiro atoms. The van der Waals surface area contributed by atoms with Gasteiger partial charge in [-0.15, -0.1) is 0 Å². The predicted molar refractivity (Wildman–Crippen MR) is 149 cm³/mol. The quantitative estimate of drug-likeness (QED) is 0.139. The van der Waals surface area contributed by atoms with E-state index < -0.39 is 41.5 Å². The van der Waals surface area contributed by atoms with Gasteiger partial charge in [0.05, 0.1) is 36.7 Å². The number of ether oxygens (including phenoxy) is 1. The number of ketones is 1. The molecule has 3 aromatic rings. The zero-order valence-corrected chi connectivity index (χ0v) is 22.7. The lowest BCUT2D eigenvalue weighted by Crippen LogP contribution is -2.45. The number of aromatic amines is 1. The molecular weight excluding hydrogens is 514 g/mol. The zero-order chi connectivity index (χ0) is 29.4. The molecule has 0 aliphatic rings. The summed E-state index contributed by atoms with van der Waals surface area (Å²) in [5.74, 6) is -3.24. The maximum atomic E-state index is 13.2. The monoisotopic (exact) mass is 547 g/mol. The van der Waals surface area contributed by atoms with Gasteiger partial charge in [-0.1, -0.05) is 56.3 Å². The number of H-pyrrole nitrogens is 1. The fraction of sp³-hybridized carbons (Fsp3) is 0.267. The first-order valence-electron chi connectivity index (χ1n) is 12.7. The molecule has 0 aliphatic carbocycles. The second-order valence-electron chi connectivity index (χ2n) is 9.60. The molecule has 3 rings (SSSR count). The number of hydrogen-bond acceptors (Lipinski definition) is 7. The van der Waals surface area contributed by atoms with Gasteiger partial charge in [-0.3, -0.25) is 19.4 Å². The fourth-order valence-electron chi connectivity index (χ4n) is 4.15. The second kappa shape index (κ2) is 13.3. The highest BCUT2D eigenvalue weighted by molar-refractivity contribution is 6.05. The minimum absolute atomic E-state index is 0.106. The first kappa shape index (κ1) is 29.7. The van der Waals surface area contributed by atoms with Crippen molar-refractivity contribution in [1.82, 2.24) is 15.6 Å². The van der Waals surface area contributed by atoms with Gasteiger partial charge in [0.2, 0.25) is 17.7 Å². The van der Waals surface area contributed by atoms with Gasteiger partial charge in [0, 0.05) is 11.6 Å². The summed E-state index contributed by atoms with van der Waals surface area (Å²) in [6.07, 6.45) is 2.77. The number of Topliss-reactive ketones (excluding diaryl/α,β-unsaturated/α-hetero) is 1. The zero-order valence-electron chi connectivity index (χ0n) is 22.7. The van der Waals surface area contributed by atoms with Crippen molar-refractivity contribution >= 4 is 29.6 Å². The van der Waals surface area contributed by atoms with Crippen LogP contribution in [-0.2, 0) is 14.3 Å². The molecule has 5 N–H and O–H groups in total. The SMILES string of the molecule is COC(=O)c1ccc(C(CC(=O)N[C@H](C(=O)c2c(O)[nH]c(O)c2C)C(C)C)NC(=O)C=Cc2ccccc2)cc1. The Morgan fingerprint density at radius 2 is 1.60 bits per heavy atom. The van der Waals surface area contributed by atoms with E-state index in [4.69, 9.17) is 4.74 Å². The second-order valence-corrected chi connectivity index (χ2v) is 9.60. The number of rotatable bonds is 11. The van der Waals surface area contributed by atoms with Crippen molar-refractivity contribution in [3.8, 4) is 11.8 Å². The number of hydrogen-bond donors (Lipinski definition) is 5. The lowest BCUT2D eigenvalue weighted by Gasteiger charge is -2.24. The summed E-state index contributed by atoms with van der Waals surface area (Å²) >= 11 is 0. The van der Waals surface area contributed by atoms with E-state index in [0.29, 0.717) is 11.1 Å². The van der Waals surface area contributed by atoms with Gasteiger partial charge in [0.25, 0.3) is 0 Å². The predicted octanol–water partition coefficient (Wildman–Crippen LogP) is 3.81. The van der Waals surface area contributed by atoms with Crippen LogP contribution in [0.3, 0.4) is 0 Å². The fourth-order valence-corrected chi connectivity index (χ4v) is 4.15. The summed E-state index contributed by atoms with van der Waals surface area (Å²) in [4.78, 5) is 53.4. The highest BCUT2D eigenvalue weighted by Crippen LogP contribution is 2.30. The largest absolute Gasteiger partial charge is 0.494 e. The smallest absolute Gasteiger partial charge is 0.337 e. The lowest BCUT2D eigenvalue weighted by molar-refractivity contribution is -0.123. The molecule has 1 heterocycles. The van der Waals surface area contributed by atoms with Crippen molar-refractivity contribution in [3.05, 3.63) is 88.5 Å². The summed E-state index contributed by atoms with van der Waals surface area (Å²) < 4.78 is 4.73. The van der Waals surface area contributed by atoms with Crippen LogP contribution in [0.15, 0.2) is 60.7 Å². The molecule has 2 atom stereocenters. The summed E-state index contributed by atoms with van der Waals surface area (Å²) in [5.41, 5.74) is 1.75. The van der Waals surface area contributed by atoms with Crippen molar-refractivity contribution in [1.29, 1.82) is 0 Å². The standard InChI is InChI=1S/C30H33N3O7/c1-17(2)26(27(36)25-18(3)28(37)33-29(25)38)32-24(35)16-22(20-11-13-21(14-12-20)30(39)40-4)31-23(34)15-10-19-8-6-5-7-9-19/h5-15,17,22,26,33,37-38H,16H2,1-4H3,(H,31,34)(H,32,35)/t22?,26-/m0/s1. The molecule has 40 heavy (non-hydrogen) atoms. The third-order valence-electron chi connectivity index (χ3n) is 6.38. The summed E-state index contributed by atoms with van der Waals surface area (Å²) in [5, 5.41) is 25.5. The van der Waals surface area contributed by atoms with E-state index in [-0.39, 0.29) is 29.3 Å². The van der Waals surface area contributed by atoms with E-state index in [1.165, 1.54) is 32.2 Å². The van der Waals surface area contributed by atoms with Crippen LogP contribution < -0.4 is 10.6 Å². The highest BCUT2D eigenvalue weighted by Gasteiger charge is 2.31. The van der Waals surface area contributed by atoms with Gasteiger partial charge in [-0.2, -0.15) is 0 Å². The van der Waals surface area contributed by atoms with Crippen molar-refractivity contribution < 1.29 is 34.1 Å². The number of aromatic hydroxyl groups is 2. The number of aromatic nitrogens is 1. The Kier molecular flexibility index (Phi) is 9.86. The molecule has 0 radical (unpaired) electrons. The molecule has 0 bridgehead atoms. The number of esters is 1. The molecule has 0 aliphatic heterocycles. The molecule has 210 valence electrons. The Bertz CT molecular complexity index is 1390. The van der Waals surface area contributed by atoms with Crippen LogP contribution in [0.1, 0.15) is 63.7 Å². The number of carbonyl (C=O) groups excluding carboxylic acids is 4. The molecule has 2 aromatic carbocycles. The Morgan fingerprint density at radius 1 is 0.950 bits per heavy atom. The third kappa shape index (κ3) is 7.37. The van der Waals surface area contributed by atoms with E-state index in [1.54, 1.807) is 32.1 Å². The van der Waals surface area contributed by atoms with Crippen molar-refractivity contribution in [3.63, 3.8) is 0 Å². The van der Waals surface area contributed by atoms with Gasteiger partial charge in [-0.05, 0) is 42.2 Å². The Balaban J connectivity index is 1.82. The maximum Gasteiger partial charge on any atom is 0.337 e. The minimum atomic E-state index is -1.01. The van der Waals surface area contributed by atoms with Gasteiger partial charge >= 0.3 is 5.97 Å². The maximum absolute atomic E-state index is 13.2. The lowest BCUT2D eigenvalue weighted by atomic mass is 9.93. The first-order chi connectivity index (χ1) is 19.0. The molecular formula is C30H33N3O7. The molecule has 1 unspecified atom stereocenters. The number of amides is 2. The minimum Gasteiger partial charge on any atom is -0.494 e. The van der Waals surface area contributed by atoms with Gasteiger partial charge in [0.15, 0.2) is 11.7 Å². The molecule has 10 heteroatoms. The van der Waals surface area contributed by atoms with Crippen LogP contribution in [-0.4, -0.2) is 51.9 Å². The number of carbonyl (C=O) groups is 4. The van der Waals surface area contributed by atoms with Crippen LogP contribution >= 0.6 is 0 Å². The van der Waals surface area contributed by atoms with Crippen molar-refractivity contribution in [2.75, 3.05) is 7.11 Å². The average Bonchev–Trinajstić information content (AvgIpc) is 3.20. The van der Waals surface area contributed by atoms with Crippen LogP contribution in [0.25, 0.3) is 6.08 Å². The third-order valence-corrected chi connectivity index (χ3v) is 6.38. The van der Waals surface area contributed by atoms with E-state index in [1.807, 2.05) is 30.3 Å². The van der Waals surface area contributed by atoms with Crippen molar-refractivity contribution in [2.45, 2.75) is 39.3 Å². The summed E-state index contributed by atoms with van der Waals surface area (Å²) in [6.45, 7) is 4.95. The van der Waals surface area contributed by atoms with Gasteiger partial charge < -0.3 is 25.6 Å². The van der Waals surface area contributed by atoms with Crippen LogP contribution in [0.5, 0.6) is 11.8 Å². The number of nitrogens with one attached hydrogen (secondary N) is 3. The average molecular weight is 548 g/mol. The highest BCUT2D eigenvalue weighted by atomic mass is 16.5. The van der Waals surface area contributed by atoms with Crippen LogP contribution in [0, 0.1) is 12.8 Å². The molecule has 0 saturated carbocycles. The first-order valence-corrected chi connectivity index (χ1v) is 12.7. The Morgan fingerprint density at radius 3 is 2.15 bits per heavy atom. The molecule has 0 saturated heterocycles. The topological polar surface area (TPSA) is 158 Å². The van der Waals surface area contributed by atoms with Gasteiger partial charge in [0.1, 0.15) is 0 Å². The van der Waals surface area contributed by atoms with E-state index in [0.717, 1.165) is 5.56 Å². The van der Waals surface area contributed by atoms with Crippen LogP contribution in [0.2, 0.25) is 0 Å². The van der Waals surface area contributed by atoms with E-state index in [2.05, 4.69) is 15.6 Å². The molecule has 1 aromatic heterocycles. The number of benzene rings is 2. The van der Waals surface area contributed by atoms with Crippen LogP contribution in [0.4, 0.5) is 0 Å². The Hall–Kier alpha value is -4.86. The normalized spacial score (nSPS) is 12.6. The summed E-state index contributed by atoms with van der Waals surface area (Å²) in [6, 6.07) is 13.7. The molecule has 10 nitrogen and oxygen atoms in total. The molecule has 2 amide bonds. The number of methoxy groups -OCH3 is 1. The summed E-state index contributed by atoms with van der Waals surface area (Å²) in [7, 11) is 1.27. The van der Waals surface area contributed by atoms with E-state index >= 15 is 0 Å². The Labute approximate surface area is 232 Å². The van der Waals surface area contributed by atoms with E-state index in [9.17, 15) is 29.4 Å². The van der Waals surface area contributed by atoms with Crippen molar-refractivity contribution in [2.24, 2.45) is 5.92 Å².